The molecule has 4 rings (SSSR count). The number of nitrogens with zero attached hydrogens (tertiary/aromatic N) is 4. The highest BCUT2D eigenvalue weighted by atomic mass is 16.5. The standard InChI is InChI=1S/C19H27N5O2/c1-14-11-17(22-26-14)18-5-2-3-9-23(18)19(25)7-6-15-12-16-13-20-8-4-10-24(16)21-15/h11-12,18,20H,2-10,13H2,1H3/t18-/m0/s1. The molecule has 0 radical (unpaired) electrons. The first-order valence-corrected chi connectivity index (χ1v) is 9.70. The summed E-state index contributed by atoms with van der Waals surface area (Å²) in [4.78, 5) is 14.9. The zero-order valence-electron chi connectivity index (χ0n) is 15.4. The SMILES string of the molecule is Cc1cc([C@@H]2CCCCN2C(=O)CCc2cc3n(n2)CCCNC3)no1. The molecule has 7 nitrogen and oxygen atoms in total. The van der Waals surface area contributed by atoms with E-state index in [1.54, 1.807) is 0 Å². The van der Waals surface area contributed by atoms with Crippen LogP contribution in [0.4, 0.5) is 0 Å². The maximum atomic E-state index is 12.9. The normalized spacial score (nSPS) is 20.7. The van der Waals surface area contributed by atoms with Gasteiger partial charge in [0.05, 0.1) is 17.4 Å². The van der Waals surface area contributed by atoms with Gasteiger partial charge in [0.1, 0.15) is 11.5 Å². The van der Waals surface area contributed by atoms with Crippen LogP contribution in [0.1, 0.15) is 61.0 Å². The number of hydrogen-bond acceptors (Lipinski definition) is 5. The summed E-state index contributed by atoms with van der Waals surface area (Å²) in [5.74, 6) is 0.989. The highest BCUT2D eigenvalue weighted by Gasteiger charge is 2.30. The molecule has 0 unspecified atom stereocenters. The van der Waals surface area contributed by atoms with Gasteiger partial charge in [-0.15, -0.1) is 0 Å². The lowest BCUT2D eigenvalue weighted by Gasteiger charge is -2.34. The minimum Gasteiger partial charge on any atom is -0.361 e. The molecule has 2 aromatic heterocycles. The van der Waals surface area contributed by atoms with Gasteiger partial charge in [-0.05, 0) is 45.2 Å². The van der Waals surface area contributed by atoms with Gasteiger partial charge >= 0.3 is 0 Å². The molecule has 1 atom stereocenters. The molecule has 0 bridgehead atoms. The average Bonchev–Trinajstić information content (AvgIpc) is 3.20. The molecule has 0 aromatic carbocycles. The number of carbonyl (C=O) groups excluding carboxylic acids is 1. The van der Waals surface area contributed by atoms with E-state index >= 15 is 0 Å². The number of aryl methyl sites for hydroxylation is 3. The van der Waals surface area contributed by atoms with E-state index in [2.05, 4.69) is 26.3 Å². The fraction of sp³-hybridized carbons (Fsp3) is 0.632. The van der Waals surface area contributed by atoms with Crippen LogP contribution in [0.3, 0.4) is 0 Å². The topological polar surface area (TPSA) is 76.2 Å². The number of nitrogens with one attached hydrogen (secondary N) is 1. The summed E-state index contributed by atoms with van der Waals surface area (Å²) >= 11 is 0. The second-order valence-electron chi connectivity index (χ2n) is 7.34. The lowest BCUT2D eigenvalue weighted by Crippen LogP contribution is -2.38. The van der Waals surface area contributed by atoms with Crippen LogP contribution in [0.5, 0.6) is 0 Å². The second-order valence-corrected chi connectivity index (χ2v) is 7.34. The van der Waals surface area contributed by atoms with Crippen molar-refractivity contribution < 1.29 is 9.32 Å². The summed E-state index contributed by atoms with van der Waals surface area (Å²) in [6.07, 6.45) is 5.43. The van der Waals surface area contributed by atoms with Crippen molar-refractivity contribution in [3.05, 3.63) is 35.0 Å². The monoisotopic (exact) mass is 357 g/mol. The first-order valence-electron chi connectivity index (χ1n) is 9.70. The van der Waals surface area contributed by atoms with Gasteiger partial charge in [0.25, 0.3) is 0 Å². The van der Waals surface area contributed by atoms with E-state index in [0.717, 1.165) is 69.0 Å². The maximum absolute atomic E-state index is 12.9. The van der Waals surface area contributed by atoms with Gasteiger partial charge < -0.3 is 14.7 Å². The van der Waals surface area contributed by atoms with Crippen LogP contribution in [-0.2, 0) is 24.3 Å². The van der Waals surface area contributed by atoms with Crippen molar-refractivity contribution in [3.63, 3.8) is 0 Å². The third-order valence-electron chi connectivity index (χ3n) is 5.35. The Labute approximate surface area is 153 Å². The third-order valence-corrected chi connectivity index (χ3v) is 5.35. The number of carbonyl (C=O) groups is 1. The van der Waals surface area contributed by atoms with Crippen LogP contribution in [0, 0.1) is 6.92 Å². The minimum absolute atomic E-state index is 0.0524. The predicted molar refractivity (Wildman–Crippen MR) is 96.4 cm³/mol. The van der Waals surface area contributed by atoms with Crippen LogP contribution in [0.25, 0.3) is 0 Å². The van der Waals surface area contributed by atoms with Crippen LogP contribution in [-0.4, -0.2) is 38.8 Å². The Bertz CT molecular complexity index is 742. The van der Waals surface area contributed by atoms with Crippen LogP contribution < -0.4 is 5.32 Å². The quantitative estimate of drug-likeness (QED) is 0.909. The lowest BCUT2D eigenvalue weighted by atomic mass is 9.98. The average molecular weight is 357 g/mol. The van der Waals surface area contributed by atoms with E-state index in [-0.39, 0.29) is 11.9 Å². The number of piperidine rings is 1. The molecule has 140 valence electrons. The zero-order chi connectivity index (χ0) is 17.9. The molecule has 1 saturated heterocycles. The summed E-state index contributed by atoms with van der Waals surface area (Å²) in [6.45, 7) is 5.55. The van der Waals surface area contributed by atoms with Gasteiger partial charge in [-0.25, -0.2) is 0 Å². The van der Waals surface area contributed by atoms with Gasteiger partial charge in [0.2, 0.25) is 5.91 Å². The number of rotatable bonds is 4. The smallest absolute Gasteiger partial charge is 0.223 e. The Kier molecular flexibility index (Phi) is 5.06. The molecule has 0 spiro atoms. The maximum Gasteiger partial charge on any atom is 0.223 e. The van der Waals surface area contributed by atoms with Gasteiger partial charge in [-0.3, -0.25) is 9.48 Å². The molecule has 1 fully saturated rings. The van der Waals surface area contributed by atoms with Crippen molar-refractivity contribution in [1.82, 2.24) is 25.2 Å². The number of hydrogen-bond donors (Lipinski definition) is 1. The minimum atomic E-state index is 0.0524. The molecular weight excluding hydrogens is 330 g/mol. The molecule has 1 N–H and O–H groups in total. The molecule has 0 saturated carbocycles. The fourth-order valence-corrected chi connectivity index (χ4v) is 4.00. The van der Waals surface area contributed by atoms with Crippen molar-refractivity contribution in [2.24, 2.45) is 0 Å². The Morgan fingerprint density at radius 2 is 2.23 bits per heavy atom. The van der Waals surface area contributed by atoms with Crippen molar-refractivity contribution in [1.29, 1.82) is 0 Å². The lowest BCUT2D eigenvalue weighted by molar-refractivity contribution is -0.135. The van der Waals surface area contributed by atoms with E-state index < -0.39 is 0 Å². The molecule has 2 aliphatic heterocycles. The highest BCUT2D eigenvalue weighted by Crippen LogP contribution is 2.31. The Morgan fingerprint density at radius 3 is 3.08 bits per heavy atom. The molecule has 2 aromatic rings. The Balaban J connectivity index is 1.40. The Hall–Kier alpha value is -2.15. The predicted octanol–water partition coefficient (Wildman–Crippen LogP) is 2.36. The first-order chi connectivity index (χ1) is 12.7. The van der Waals surface area contributed by atoms with E-state index in [1.165, 1.54) is 5.69 Å². The van der Waals surface area contributed by atoms with Crippen molar-refractivity contribution in [3.8, 4) is 0 Å². The summed E-state index contributed by atoms with van der Waals surface area (Å²) in [5, 5.41) is 12.2. The number of amides is 1. The van der Waals surface area contributed by atoms with Gasteiger partial charge in [0.15, 0.2) is 0 Å². The van der Waals surface area contributed by atoms with Crippen molar-refractivity contribution >= 4 is 5.91 Å². The van der Waals surface area contributed by atoms with E-state index in [0.29, 0.717) is 12.8 Å². The van der Waals surface area contributed by atoms with E-state index in [9.17, 15) is 4.79 Å². The van der Waals surface area contributed by atoms with Crippen LogP contribution in [0.15, 0.2) is 16.7 Å². The second kappa shape index (κ2) is 7.61. The van der Waals surface area contributed by atoms with Crippen LogP contribution >= 0.6 is 0 Å². The van der Waals surface area contributed by atoms with Gasteiger partial charge in [-0.2, -0.15) is 5.10 Å². The van der Waals surface area contributed by atoms with Crippen molar-refractivity contribution in [2.75, 3.05) is 13.1 Å². The summed E-state index contributed by atoms with van der Waals surface area (Å²) in [5.41, 5.74) is 3.12. The van der Waals surface area contributed by atoms with Crippen LogP contribution in [0.2, 0.25) is 0 Å². The molecule has 7 heteroatoms. The van der Waals surface area contributed by atoms with Gasteiger partial charge in [-0.1, -0.05) is 5.16 Å². The van der Waals surface area contributed by atoms with Crippen molar-refractivity contribution in [2.45, 2.75) is 64.6 Å². The first kappa shape index (κ1) is 17.3. The third kappa shape index (κ3) is 3.67. The Morgan fingerprint density at radius 1 is 1.31 bits per heavy atom. The molecule has 1 amide bonds. The largest absolute Gasteiger partial charge is 0.361 e. The molecule has 2 aliphatic rings. The van der Waals surface area contributed by atoms with E-state index in [1.807, 2.05) is 17.9 Å². The van der Waals surface area contributed by atoms with E-state index in [4.69, 9.17) is 4.52 Å². The zero-order valence-corrected chi connectivity index (χ0v) is 15.4. The highest BCUT2D eigenvalue weighted by molar-refractivity contribution is 5.77. The summed E-state index contributed by atoms with van der Waals surface area (Å²) in [7, 11) is 0. The number of fused-ring (bicyclic) bond motifs is 1. The van der Waals surface area contributed by atoms with Gasteiger partial charge in [0, 0.05) is 38.5 Å². The molecule has 0 aliphatic carbocycles. The number of aromatic nitrogens is 3. The summed E-state index contributed by atoms with van der Waals surface area (Å²) < 4.78 is 7.31. The fourth-order valence-electron chi connectivity index (χ4n) is 4.00. The molecule has 4 heterocycles. The number of likely N-dealkylation sites (tertiary alicyclic amines) is 1. The molecular formula is C19H27N5O2. The molecule has 26 heavy (non-hydrogen) atoms. The summed E-state index contributed by atoms with van der Waals surface area (Å²) in [6, 6.07) is 4.15.